The van der Waals surface area contributed by atoms with Crippen LogP contribution in [0.2, 0.25) is 0 Å². The van der Waals surface area contributed by atoms with Crippen molar-refractivity contribution in [3.05, 3.63) is 40.6 Å². The average molecular weight is 204 g/mol. The fourth-order valence-electron chi connectivity index (χ4n) is 1.28. The zero-order valence-electron chi connectivity index (χ0n) is 7.68. The van der Waals surface area contributed by atoms with Gasteiger partial charge in [-0.05, 0) is 12.1 Å². The summed E-state index contributed by atoms with van der Waals surface area (Å²) >= 11 is 0. The number of H-pyrrole nitrogens is 1. The topological polar surface area (TPSA) is 97.8 Å². The lowest BCUT2D eigenvalue weighted by Crippen LogP contribution is -1.89. The van der Waals surface area contributed by atoms with E-state index in [-0.39, 0.29) is 5.69 Å². The first-order valence-electron chi connectivity index (χ1n) is 4.22. The average Bonchev–Trinajstić information content (AvgIpc) is 2.65. The third-order valence-electron chi connectivity index (χ3n) is 2.04. The molecule has 0 aliphatic rings. The molecule has 6 nitrogen and oxygen atoms in total. The van der Waals surface area contributed by atoms with Crippen LogP contribution >= 0.6 is 0 Å². The van der Waals surface area contributed by atoms with Crippen LogP contribution in [0.4, 0.5) is 11.4 Å². The van der Waals surface area contributed by atoms with Gasteiger partial charge in [-0.2, -0.15) is 5.10 Å². The van der Waals surface area contributed by atoms with Crippen LogP contribution in [-0.4, -0.2) is 15.1 Å². The number of non-ortho nitro benzene ring substituents is 1. The first kappa shape index (κ1) is 9.20. The zero-order chi connectivity index (χ0) is 10.8. The van der Waals surface area contributed by atoms with Crippen molar-refractivity contribution in [2.75, 3.05) is 5.73 Å². The molecule has 0 aliphatic heterocycles. The lowest BCUT2D eigenvalue weighted by atomic mass is 10.1. The Morgan fingerprint density at radius 3 is 2.47 bits per heavy atom. The van der Waals surface area contributed by atoms with Crippen molar-refractivity contribution in [3.63, 3.8) is 0 Å². The molecular formula is C9H8N4O2. The van der Waals surface area contributed by atoms with Gasteiger partial charge in [-0.1, -0.05) is 0 Å². The van der Waals surface area contributed by atoms with Crippen molar-refractivity contribution in [2.45, 2.75) is 0 Å². The summed E-state index contributed by atoms with van der Waals surface area (Å²) in [5.41, 5.74) is 7.66. The van der Waals surface area contributed by atoms with Crippen molar-refractivity contribution >= 4 is 11.4 Å². The van der Waals surface area contributed by atoms with Crippen molar-refractivity contribution in [3.8, 4) is 11.3 Å². The standard InChI is InChI=1S/C9H8N4O2/c10-8-5-11-12-9(8)6-1-3-7(4-2-6)13(14)15/h1-5H,10H2,(H,11,12). The fourth-order valence-corrected chi connectivity index (χ4v) is 1.28. The zero-order valence-corrected chi connectivity index (χ0v) is 7.68. The lowest BCUT2D eigenvalue weighted by molar-refractivity contribution is -0.384. The van der Waals surface area contributed by atoms with Crippen LogP contribution in [0.25, 0.3) is 11.3 Å². The molecule has 0 fully saturated rings. The monoisotopic (exact) mass is 204 g/mol. The highest BCUT2D eigenvalue weighted by Gasteiger charge is 2.07. The summed E-state index contributed by atoms with van der Waals surface area (Å²) in [5.74, 6) is 0. The molecule has 6 heteroatoms. The third-order valence-corrected chi connectivity index (χ3v) is 2.04. The first-order chi connectivity index (χ1) is 7.18. The Morgan fingerprint density at radius 2 is 2.00 bits per heavy atom. The van der Waals surface area contributed by atoms with Gasteiger partial charge < -0.3 is 5.73 Å². The van der Waals surface area contributed by atoms with Gasteiger partial charge in [-0.3, -0.25) is 15.2 Å². The van der Waals surface area contributed by atoms with Crippen LogP contribution in [0.15, 0.2) is 30.5 Å². The number of nitrogens with one attached hydrogen (secondary N) is 1. The molecule has 0 saturated carbocycles. The molecule has 0 saturated heterocycles. The molecule has 0 bridgehead atoms. The number of anilines is 1. The quantitative estimate of drug-likeness (QED) is 0.572. The molecule has 1 aromatic carbocycles. The molecule has 1 aromatic heterocycles. The number of nitro benzene ring substituents is 1. The largest absolute Gasteiger partial charge is 0.396 e. The number of aromatic amines is 1. The Balaban J connectivity index is 2.40. The summed E-state index contributed by atoms with van der Waals surface area (Å²) in [6.45, 7) is 0. The highest BCUT2D eigenvalue weighted by molar-refractivity contribution is 5.72. The molecule has 1 heterocycles. The van der Waals surface area contributed by atoms with Gasteiger partial charge in [0, 0.05) is 17.7 Å². The lowest BCUT2D eigenvalue weighted by Gasteiger charge is -1.98. The summed E-state index contributed by atoms with van der Waals surface area (Å²) in [5, 5.41) is 16.9. The predicted octanol–water partition coefficient (Wildman–Crippen LogP) is 1.57. The van der Waals surface area contributed by atoms with Crippen LogP contribution in [0, 0.1) is 10.1 Å². The fraction of sp³-hybridized carbons (Fsp3) is 0. The van der Waals surface area contributed by atoms with Crippen LogP contribution < -0.4 is 5.73 Å². The maximum atomic E-state index is 10.4. The number of rotatable bonds is 2. The van der Waals surface area contributed by atoms with Gasteiger partial charge in [0.1, 0.15) is 0 Å². The molecule has 0 aliphatic carbocycles. The molecule has 3 N–H and O–H groups in total. The highest BCUT2D eigenvalue weighted by atomic mass is 16.6. The van der Waals surface area contributed by atoms with E-state index in [2.05, 4.69) is 10.2 Å². The number of benzene rings is 1. The number of nitrogens with zero attached hydrogens (tertiary/aromatic N) is 2. The Labute approximate surface area is 84.9 Å². The number of hydrogen-bond donors (Lipinski definition) is 2. The molecule has 76 valence electrons. The second-order valence-electron chi connectivity index (χ2n) is 3.00. The maximum absolute atomic E-state index is 10.4. The van der Waals surface area contributed by atoms with Crippen molar-refractivity contribution < 1.29 is 4.92 Å². The van der Waals surface area contributed by atoms with Crippen LogP contribution in [0.1, 0.15) is 0 Å². The minimum absolute atomic E-state index is 0.0526. The van der Waals surface area contributed by atoms with E-state index in [0.717, 1.165) is 5.56 Å². The Kier molecular flexibility index (Phi) is 2.09. The Morgan fingerprint density at radius 1 is 1.33 bits per heavy atom. The molecule has 2 rings (SSSR count). The minimum atomic E-state index is -0.444. The Hall–Kier alpha value is -2.37. The first-order valence-corrected chi connectivity index (χ1v) is 4.22. The number of nitrogens with two attached hydrogens (primary N) is 1. The van der Waals surface area contributed by atoms with Gasteiger partial charge in [0.15, 0.2) is 0 Å². The summed E-state index contributed by atoms with van der Waals surface area (Å²) < 4.78 is 0. The molecule has 0 atom stereocenters. The van der Waals surface area contributed by atoms with E-state index in [1.807, 2.05) is 0 Å². The van der Waals surface area contributed by atoms with E-state index in [0.29, 0.717) is 11.4 Å². The van der Waals surface area contributed by atoms with Crippen LogP contribution in [0.3, 0.4) is 0 Å². The normalized spacial score (nSPS) is 10.1. The molecule has 0 amide bonds. The second-order valence-corrected chi connectivity index (χ2v) is 3.00. The van der Waals surface area contributed by atoms with Gasteiger partial charge in [-0.25, -0.2) is 0 Å². The smallest absolute Gasteiger partial charge is 0.269 e. The summed E-state index contributed by atoms with van der Waals surface area (Å²) in [7, 11) is 0. The van der Waals surface area contributed by atoms with Gasteiger partial charge in [0.25, 0.3) is 5.69 Å². The van der Waals surface area contributed by atoms with Gasteiger partial charge in [0.05, 0.1) is 22.5 Å². The van der Waals surface area contributed by atoms with Gasteiger partial charge >= 0.3 is 0 Å². The van der Waals surface area contributed by atoms with Crippen molar-refractivity contribution in [1.29, 1.82) is 0 Å². The van der Waals surface area contributed by atoms with E-state index in [9.17, 15) is 10.1 Å². The predicted molar refractivity (Wildman–Crippen MR) is 55.1 cm³/mol. The summed E-state index contributed by atoms with van der Waals surface area (Å²) in [6, 6.07) is 6.11. The van der Waals surface area contributed by atoms with Crippen molar-refractivity contribution in [2.24, 2.45) is 0 Å². The minimum Gasteiger partial charge on any atom is -0.396 e. The van der Waals surface area contributed by atoms with E-state index >= 15 is 0 Å². The molecule has 2 aromatic rings. The summed E-state index contributed by atoms with van der Waals surface area (Å²) in [6.07, 6.45) is 1.50. The van der Waals surface area contributed by atoms with E-state index < -0.39 is 4.92 Å². The number of hydrogen-bond acceptors (Lipinski definition) is 4. The maximum Gasteiger partial charge on any atom is 0.269 e. The summed E-state index contributed by atoms with van der Waals surface area (Å²) in [4.78, 5) is 9.98. The Bertz CT molecular complexity index is 489. The highest BCUT2D eigenvalue weighted by Crippen LogP contribution is 2.24. The van der Waals surface area contributed by atoms with Crippen molar-refractivity contribution in [1.82, 2.24) is 10.2 Å². The van der Waals surface area contributed by atoms with E-state index in [1.165, 1.54) is 18.3 Å². The second kappa shape index (κ2) is 3.41. The molecule has 15 heavy (non-hydrogen) atoms. The van der Waals surface area contributed by atoms with Gasteiger partial charge in [-0.15, -0.1) is 0 Å². The number of nitro groups is 1. The van der Waals surface area contributed by atoms with Crippen LogP contribution in [-0.2, 0) is 0 Å². The van der Waals surface area contributed by atoms with Gasteiger partial charge in [0.2, 0.25) is 0 Å². The number of aromatic nitrogens is 2. The SMILES string of the molecule is Nc1cn[nH]c1-c1ccc([N+](=O)[O-])cc1. The number of nitrogen functional groups attached to an aromatic ring is 1. The molecule has 0 radical (unpaired) electrons. The van der Waals surface area contributed by atoms with E-state index in [4.69, 9.17) is 5.73 Å². The molecule has 0 unspecified atom stereocenters. The van der Waals surface area contributed by atoms with Crippen LogP contribution in [0.5, 0.6) is 0 Å². The molecular weight excluding hydrogens is 196 g/mol. The third kappa shape index (κ3) is 1.64. The van der Waals surface area contributed by atoms with E-state index in [1.54, 1.807) is 12.1 Å². The molecule has 0 spiro atoms.